The Balaban J connectivity index is 1.63. The summed E-state index contributed by atoms with van der Waals surface area (Å²) in [6.45, 7) is 3.84. The molecule has 3 nitrogen and oxygen atoms in total. The van der Waals surface area contributed by atoms with Crippen LogP contribution < -0.4 is 0 Å². The number of rotatable bonds is 4. The number of nitrogens with zero attached hydrogens (tertiary/aromatic N) is 1. The van der Waals surface area contributed by atoms with Crippen LogP contribution in [0, 0.1) is 13.8 Å². The second-order valence-corrected chi connectivity index (χ2v) is 7.21. The van der Waals surface area contributed by atoms with Gasteiger partial charge in [0, 0.05) is 17.3 Å². The van der Waals surface area contributed by atoms with Crippen molar-refractivity contribution in [2.45, 2.75) is 31.6 Å². The minimum Gasteiger partial charge on any atom is -0.507 e. The highest BCUT2D eigenvalue weighted by Gasteiger charge is 2.09. The molecule has 0 amide bonds. The zero-order chi connectivity index (χ0) is 17.8. The molecule has 0 fully saturated rings. The largest absolute Gasteiger partial charge is 0.507 e. The standard InChI is InChI=1S/C21H21NO2S/c1-15-12-18(13-16(2)20(15)23)9-8-17-10-11-22(14-17)21(24)25-19-6-4-3-5-7-19/h3-7,10-14,23H,8-9H2,1-2H3. The van der Waals surface area contributed by atoms with Gasteiger partial charge in [0.15, 0.2) is 0 Å². The fraction of sp³-hybridized carbons (Fsp3) is 0.190. The molecule has 0 spiro atoms. The summed E-state index contributed by atoms with van der Waals surface area (Å²) < 4.78 is 1.64. The lowest BCUT2D eigenvalue weighted by Crippen LogP contribution is -2.01. The molecule has 3 aromatic rings. The van der Waals surface area contributed by atoms with Crippen molar-refractivity contribution < 1.29 is 9.90 Å². The first-order valence-corrected chi connectivity index (χ1v) is 9.08. The Kier molecular flexibility index (Phi) is 5.29. The summed E-state index contributed by atoms with van der Waals surface area (Å²) in [5.41, 5.74) is 4.14. The van der Waals surface area contributed by atoms with Crippen molar-refractivity contribution in [3.63, 3.8) is 0 Å². The molecule has 0 saturated carbocycles. The third-order valence-corrected chi connectivity index (χ3v) is 5.06. The van der Waals surface area contributed by atoms with E-state index in [0.29, 0.717) is 5.75 Å². The Morgan fingerprint density at radius 3 is 2.32 bits per heavy atom. The molecule has 4 heteroatoms. The van der Waals surface area contributed by atoms with Gasteiger partial charge < -0.3 is 5.11 Å². The highest BCUT2D eigenvalue weighted by Crippen LogP contribution is 2.24. The Hall–Kier alpha value is -2.46. The molecular weight excluding hydrogens is 330 g/mol. The topological polar surface area (TPSA) is 42.2 Å². The molecule has 0 aliphatic rings. The third-order valence-electron chi connectivity index (χ3n) is 4.17. The maximum Gasteiger partial charge on any atom is 0.294 e. The molecule has 0 aliphatic heterocycles. The summed E-state index contributed by atoms with van der Waals surface area (Å²) in [5.74, 6) is 0.374. The summed E-state index contributed by atoms with van der Waals surface area (Å²) in [6, 6.07) is 15.7. The monoisotopic (exact) mass is 351 g/mol. The van der Waals surface area contributed by atoms with Gasteiger partial charge in [-0.05, 0) is 78.9 Å². The summed E-state index contributed by atoms with van der Waals surface area (Å²) in [7, 11) is 0. The van der Waals surface area contributed by atoms with E-state index in [0.717, 1.165) is 34.4 Å². The van der Waals surface area contributed by atoms with Crippen molar-refractivity contribution in [3.05, 3.63) is 83.2 Å². The number of aryl methyl sites for hydroxylation is 4. The van der Waals surface area contributed by atoms with Crippen LogP contribution in [-0.2, 0) is 12.8 Å². The maximum atomic E-state index is 12.3. The molecule has 1 heterocycles. The molecule has 0 unspecified atom stereocenters. The molecule has 3 rings (SSSR count). The average molecular weight is 351 g/mol. The third kappa shape index (κ3) is 4.34. The second-order valence-electron chi connectivity index (χ2n) is 6.19. The number of carbonyl (C=O) groups excluding carboxylic acids is 1. The molecule has 128 valence electrons. The lowest BCUT2D eigenvalue weighted by atomic mass is 10.0. The van der Waals surface area contributed by atoms with Crippen molar-refractivity contribution in [1.82, 2.24) is 4.57 Å². The quantitative estimate of drug-likeness (QED) is 0.644. The van der Waals surface area contributed by atoms with Gasteiger partial charge in [-0.2, -0.15) is 0 Å². The first kappa shape index (κ1) is 17.4. The van der Waals surface area contributed by atoms with E-state index in [2.05, 4.69) is 0 Å². The predicted octanol–water partition coefficient (Wildman–Crippen LogP) is 5.36. The molecule has 1 aromatic heterocycles. The number of phenols is 1. The van der Waals surface area contributed by atoms with E-state index in [1.54, 1.807) is 4.57 Å². The van der Waals surface area contributed by atoms with Crippen molar-refractivity contribution in [1.29, 1.82) is 0 Å². The van der Waals surface area contributed by atoms with Gasteiger partial charge in [-0.25, -0.2) is 0 Å². The number of benzene rings is 2. The van der Waals surface area contributed by atoms with Gasteiger partial charge in [0.1, 0.15) is 5.75 Å². The highest BCUT2D eigenvalue weighted by atomic mass is 32.2. The zero-order valence-electron chi connectivity index (χ0n) is 14.4. The van der Waals surface area contributed by atoms with Crippen LogP contribution >= 0.6 is 11.8 Å². The Bertz CT molecular complexity index is 861. The average Bonchev–Trinajstić information content (AvgIpc) is 3.08. The number of aromatic nitrogens is 1. The van der Waals surface area contributed by atoms with Crippen LogP contribution in [0.4, 0.5) is 4.79 Å². The molecule has 0 radical (unpaired) electrons. The number of aromatic hydroxyl groups is 1. The smallest absolute Gasteiger partial charge is 0.294 e. The summed E-state index contributed by atoms with van der Waals surface area (Å²) >= 11 is 1.23. The highest BCUT2D eigenvalue weighted by molar-refractivity contribution is 8.13. The van der Waals surface area contributed by atoms with Crippen LogP contribution in [0.2, 0.25) is 0 Å². The second kappa shape index (κ2) is 7.62. The van der Waals surface area contributed by atoms with Crippen LogP contribution in [0.25, 0.3) is 0 Å². The lowest BCUT2D eigenvalue weighted by Gasteiger charge is -2.07. The maximum absolute atomic E-state index is 12.3. The number of phenolic OH excluding ortho intramolecular Hbond substituents is 1. The van der Waals surface area contributed by atoms with E-state index in [9.17, 15) is 9.90 Å². The lowest BCUT2D eigenvalue weighted by molar-refractivity contribution is 0.262. The van der Waals surface area contributed by atoms with E-state index in [1.807, 2.05) is 74.8 Å². The van der Waals surface area contributed by atoms with E-state index < -0.39 is 0 Å². The van der Waals surface area contributed by atoms with Gasteiger partial charge in [-0.15, -0.1) is 0 Å². The first-order valence-electron chi connectivity index (χ1n) is 8.26. The molecule has 0 aliphatic carbocycles. The fourth-order valence-electron chi connectivity index (χ4n) is 2.82. The number of thioether (sulfide) groups is 1. The fourth-order valence-corrected chi connectivity index (χ4v) is 3.54. The van der Waals surface area contributed by atoms with Crippen LogP contribution in [0.5, 0.6) is 5.75 Å². The SMILES string of the molecule is Cc1cc(CCc2ccn(C(=O)Sc3ccccc3)c2)cc(C)c1O. The van der Waals surface area contributed by atoms with Crippen molar-refractivity contribution in [2.24, 2.45) is 0 Å². The van der Waals surface area contributed by atoms with E-state index in [-0.39, 0.29) is 5.24 Å². The molecule has 0 bridgehead atoms. The minimum atomic E-state index is -0.00577. The van der Waals surface area contributed by atoms with Gasteiger partial charge in [0.25, 0.3) is 5.24 Å². The van der Waals surface area contributed by atoms with Gasteiger partial charge in [-0.3, -0.25) is 9.36 Å². The van der Waals surface area contributed by atoms with E-state index >= 15 is 0 Å². The molecule has 25 heavy (non-hydrogen) atoms. The Morgan fingerprint density at radius 1 is 1.00 bits per heavy atom. The Morgan fingerprint density at radius 2 is 1.64 bits per heavy atom. The van der Waals surface area contributed by atoms with Crippen LogP contribution in [0.1, 0.15) is 22.3 Å². The van der Waals surface area contributed by atoms with E-state index in [4.69, 9.17) is 0 Å². The molecule has 2 aromatic carbocycles. The number of hydrogen-bond acceptors (Lipinski definition) is 3. The first-order chi connectivity index (χ1) is 12.0. The van der Waals surface area contributed by atoms with Crippen LogP contribution in [0.3, 0.4) is 0 Å². The van der Waals surface area contributed by atoms with Crippen molar-refractivity contribution >= 4 is 17.0 Å². The minimum absolute atomic E-state index is 0.00577. The van der Waals surface area contributed by atoms with Crippen molar-refractivity contribution in [2.75, 3.05) is 0 Å². The Labute approximate surface area is 152 Å². The number of hydrogen-bond donors (Lipinski definition) is 1. The zero-order valence-corrected chi connectivity index (χ0v) is 15.2. The van der Waals surface area contributed by atoms with Gasteiger partial charge in [0.05, 0.1) is 0 Å². The normalized spacial score (nSPS) is 10.8. The molecule has 0 atom stereocenters. The molecule has 1 N–H and O–H groups in total. The van der Waals surface area contributed by atoms with Gasteiger partial charge >= 0.3 is 0 Å². The summed E-state index contributed by atoms with van der Waals surface area (Å²) in [5, 5.41) is 9.85. The van der Waals surface area contributed by atoms with Crippen LogP contribution in [0.15, 0.2) is 65.8 Å². The summed E-state index contributed by atoms with van der Waals surface area (Å²) in [6.07, 6.45) is 5.46. The number of carbonyl (C=O) groups is 1. The predicted molar refractivity (Wildman–Crippen MR) is 103 cm³/mol. The molecular formula is C21H21NO2S. The summed E-state index contributed by atoms with van der Waals surface area (Å²) in [4.78, 5) is 13.3. The van der Waals surface area contributed by atoms with Crippen LogP contribution in [-0.4, -0.2) is 14.9 Å². The molecule has 0 saturated heterocycles. The van der Waals surface area contributed by atoms with Crippen molar-refractivity contribution in [3.8, 4) is 5.75 Å². The van der Waals surface area contributed by atoms with Gasteiger partial charge in [-0.1, -0.05) is 30.3 Å². The van der Waals surface area contributed by atoms with Gasteiger partial charge in [0.2, 0.25) is 0 Å². The van der Waals surface area contributed by atoms with E-state index in [1.165, 1.54) is 17.3 Å².